The number of hydrogen-bond donors (Lipinski definition) is 4. The molecule has 4 rings (SSSR count). The number of para-hydroxylation sites is 1. The zero-order chi connectivity index (χ0) is 20.5. The maximum atomic E-state index is 12.7. The molecule has 7 nitrogen and oxygen atoms in total. The van der Waals surface area contributed by atoms with Gasteiger partial charge in [-0.25, -0.2) is 0 Å². The number of anilines is 2. The molecule has 0 fully saturated rings. The van der Waals surface area contributed by atoms with Crippen molar-refractivity contribution in [1.29, 1.82) is 0 Å². The number of carbonyl (C=O) groups is 1. The smallest absolute Gasteiger partial charge is 0.258 e. The number of rotatable bonds is 4. The van der Waals surface area contributed by atoms with E-state index in [9.17, 15) is 15.0 Å². The molecule has 0 bridgehead atoms. The van der Waals surface area contributed by atoms with Crippen LogP contribution in [0.5, 0.6) is 11.8 Å². The van der Waals surface area contributed by atoms with E-state index in [-0.39, 0.29) is 27.4 Å². The Morgan fingerprint density at radius 2 is 1.55 bits per heavy atom. The fourth-order valence-corrected chi connectivity index (χ4v) is 3.49. The summed E-state index contributed by atoms with van der Waals surface area (Å²) in [7, 11) is 0. The third-order valence-corrected chi connectivity index (χ3v) is 4.91. The molecule has 2 aromatic carbocycles. The molecule has 29 heavy (non-hydrogen) atoms. The summed E-state index contributed by atoms with van der Waals surface area (Å²) in [5.41, 5.74) is 4.60. The van der Waals surface area contributed by atoms with Gasteiger partial charge in [0.25, 0.3) is 5.91 Å². The molecule has 0 aliphatic carbocycles. The molecule has 0 unspecified atom stereocenters. The fraction of sp³-hybridized carbons (Fsp3) is 0. The van der Waals surface area contributed by atoms with Gasteiger partial charge in [0.2, 0.25) is 11.8 Å². The monoisotopic (exact) mass is 428 g/mol. The SMILES string of the molecule is O=C(Nc1cccc2c(Nn3c(O)ccc3O)ccnc12)c1c(Cl)cccc1Cl. The maximum Gasteiger partial charge on any atom is 0.258 e. The summed E-state index contributed by atoms with van der Waals surface area (Å²) in [4.78, 5) is 17.1. The lowest BCUT2D eigenvalue weighted by atomic mass is 10.1. The van der Waals surface area contributed by atoms with E-state index in [1.165, 1.54) is 12.1 Å². The van der Waals surface area contributed by atoms with Crippen molar-refractivity contribution in [1.82, 2.24) is 9.66 Å². The molecule has 0 spiro atoms. The molecule has 0 radical (unpaired) electrons. The lowest BCUT2D eigenvalue weighted by molar-refractivity contribution is 0.102. The van der Waals surface area contributed by atoms with Crippen LogP contribution in [0.25, 0.3) is 10.9 Å². The van der Waals surface area contributed by atoms with Gasteiger partial charge in [-0.05, 0) is 24.3 Å². The molecule has 4 N–H and O–H groups in total. The molecule has 2 heterocycles. The van der Waals surface area contributed by atoms with Crippen LogP contribution < -0.4 is 10.7 Å². The first-order chi connectivity index (χ1) is 14.0. The number of amides is 1. The number of fused-ring (bicyclic) bond motifs is 1. The number of aromatic nitrogens is 2. The van der Waals surface area contributed by atoms with Gasteiger partial charge in [0.05, 0.1) is 32.5 Å². The van der Waals surface area contributed by atoms with Crippen LogP contribution >= 0.6 is 23.2 Å². The van der Waals surface area contributed by atoms with Gasteiger partial charge in [0, 0.05) is 23.7 Å². The average molecular weight is 429 g/mol. The Morgan fingerprint density at radius 3 is 2.24 bits per heavy atom. The summed E-state index contributed by atoms with van der Waals surface area (Å²) >= 11 is 12.2. The molecule has 0 aliphatic rings. The van der Waals surface area contributed by atoms with Crippen LogP contribution in [0.4, 0.5) is 11.4 Å². The quantitative estimate of drug-likeness (QED) is 0.371. The van der Waals surface area contributed by atoms with E-state index in [1.54, 1.807) is 48.7 Å². The number of carbonyl (C=O) groups excluding carboxylic acids is 1. The standard InChI is InChI=1S/C20H14Cl2N4O3/c21-12-4-2-5-13(22)18(12)20(29)24-15-6-1-3-11-14(9-10-23-19(11)15)25-26-16(27)7-8-17(26)28/h1-10,27-28H,(H,23,25)(H,24,29). The van der Waals surface area contributed by atoms with E-state index in [0.29, 0.717) is 22.3 Å². The van der Waals surface area contributed by atoms with Crippen LogP contribution in [-0.4, -0.2) is 25.8 Å². The van der Waals surface area contributed by atoms with Crippen LogP contribution in [0, 0.1) is 0 Å². The normalized spacial score (nSPS) is 10.8. The van der Waals surface area contributed by atoms with Gasteiger partial charge < -0.3 is 15.5 Å². The highest BCUT2D eigenvalue weighted by Crippen LogP contribution is 2.31. The summed E-state index contributed by atoms with van der Waals surface area (Å²) in [6, 6.07) is 14.4. The summed E-state index contributed by atoms with van der Waals surface area (Å²) < 4.78 is 1.11. The van der Waals surface area contributed by atoms with Crippen LogP contribution in [0.2, 0.25) is 10.0 Å². The number of nitrogens with zero attached hydrogens (tertiary/aromatic N) is 2. The summed E-state index contributed by atoms with van der Waals surface area (Å²) in [5.74, 6) is -0.787. The number of halogens is 2. The number of hydrogen-bond acceptors (Lipinski definition) is 5. The maximum absolute atomic E-state index is 12.7. The van der Waals surface area contributed by atoms with Gasteiger partial charge in [0.15, 0.2) is 0 Å². The van der Waals surface area contributed by atoms with Crippen LogP contribution in [0.15, 0.2) is 60.8 Å². The fourth-order valence-electron chi connectivity index (χ4n) is 2.92. The predicted octanol–water partition coefficient (Wildman–Crippen LogP) is 4.88. The van der Waals surface area contributed by atoms with Gasteiger partial charge in [0.1, 0.15) is 0 Å². The van der Waals surface area contributed by atoms with Gasteiger partial charge in [-0.15, -0.1) is 0 Å². The molecule has 4 aromatic rings. The molecule has 0 saturated carbocycles. The average Bonchev–Trinajstić information content (AvgIpc) is 3.00. The van der Waals surface area contributed by atoms with E-state index in [2.05, 4.69) is 15.7 Å². The minimum absolute atomic E-state index is 0.162. The third-order valence-electron chi connectivity index (χ3n) is 4.28. The van der Waals surface area contributed by atoms with E-state index < -0.39 is 5.91 Å². The van der Waals surface area contributed by atoms with Gasteiger partial charge in [-0.2, -0.15) is 4.68 Å². The first-order valence-corrected chi connectivity index (χ1v) is 9.21. The Balaban J connectivity index is 1.73. The first kappa shape index (κ1) is 18.9. The second-order valence-corrected chi connectivity index (χ2v) is 6.92. The number of benzene rings is 2. The van der Waals surface area contributed by atoms with Crippen molar-refractivity contribution in [2.75, 3.05) is 10.7 Å². The topological polar surface area (TPSA) is 99.4 Å². The van der Waals surface area contributed by atoms with Crippen molar-refractivity contribution in [3.8, 4) is 11.8 Å². The molecule has 146 valence electrons. The summed E-state index contributed by atoms with van der Waals surface area (Å²) in [6.07, 6.45) is 1.54. The van der Waals surface area contributed by atoms with Crippen LogP contribution in [-0.2, 0) is 0 Å². The molecule has 9 heteroatoms. The molecular formula is C20H14Cl2N4O3. The van der Waals surface area contributed by atoms with Crippen molar-refractivity contribution in [3.63, 3.8) is 0 Å². The summed E-state index contributed by atoms with van der Waals surface area (Å²) in [6.45, 7) is 0. The third kappa shape index (κ3) is 3.53. The first-order valence-electron chi connectivity index (χ1n) is 8.45. The Bertz CT molecular complexity index is 1200. The largest absolute Gasteiger partial charge is 0.493 e. The lowest BCUT2D eigenvalue weighted by Gasteiger charge is -2.14. The van der Waals surface area contributed by atoms with E-state index in [4.69, 9.17) is 23.2 Å². The molecular weight excluding hydrogens is 415 g/mol. The van der Waals surface area contributed by atoms with Crippen molar-refractivity contribution in [2.24, 2.45) is 0 Å². The minimum atomic E-state index is -0.464. The van der Waals surface area contributed by atoms with E-state index >= 15 is 0 Å². The Morgan fingerprint density at radius 1 is 0.897 bits per heavy atom. The van der Waals surface area contributed by atoms with Crippen molar-refractivity contribution >= 4 is 51.4 Å². The zero-order valence-electron chi connectivity index (χ0n) is 14.7. The summed E-state index contributed by atoms with van der Waals surface area (Å²) in [5, 5.41) is 23.6. The highest BCUT2D eigenvalue weighted by atomic mass is 35.5. The van der Waals surface area contributed by atoms with Crippen LogP contribution in [0.3, 0.4) is 0 Å². The van der Waals surface area contributed by atoms with Gasteiger partial charge in [-0.1, -0.05) is 41.4 Å². The number of pyridine rings is 1. The Hall–Kier alpha value is -3.42. The second-order valence-electron chi connectivity index (χ2n) is 6.11. The highest BCUT2D eigenvalue weighted by molar-refractivity contribution is 6.40. The molecule has 0 saturated heterocycles. The molecule has 2 aromatic heterocycles. The van der Waals surface area contributed by atoms with Crippen molar-refractivity contribution in [2.45, 2.75) is 0 Å². The molecule has 0 aliphatic heterocycles. The number of aromatic hydroxyl groups is 2. The van der Waals surface area contributed by atoms with E-state index in [1.807, 2.05) is 0 Å². The van der Waals surface area contributed by atoms with Gasteiger partial charge in [-0.3, -0.25) is 15.2 Å². The van der Waals surface area contributed by atoms with Crippen LogP contribution in [0.1, 0.15) is 10.4 Å². The minimum Gasteiger partial charge on any atom is -0.493 e. The van der Waals surface area contributed by atoms with Crippen molar-refractivity contribution < 1.29 is 15.0 Å². The molecule has 0 atom stereocenters. The Labute approximate surface area is 175 Å². The predicted molar refractivity (Wildman–Crippen MR) is 113 cm³/mol. The lowest BCUT2D eigenvalue weighted by Crippen LogP contribution is -2.14. The second kappa shape index (κ2) is 7.54. The van der Waals surface area contributed by atoms with E-state index in [0.717, 1.165) is 4.68 Å². The van der Waals surface area contributed by atoms with Crippen molar-refractivity contribution in [3.05, 3.63) is 76.4 Å². The zero-order valence-corrected chi connectivity index (χ0v) is 16.2. The number of nitrogens with one attached hydrogen (secondary N) is 2. The van der Waals surface area contributed by atoms with Gasteiger partial charge >= 0.3 is 0 Å². The molecule has 1 amide bonds. The Kier molecular flexibility index (Phi) is 4.92. The highest BCUT2D eigenvalue weighted by Gasteiger charge is 2.17.